The van der Waals surface area contributed by atoms with E-state index < -0.39 is 0 Å². The highest BCUT2D eigenvalue weighted by atomic mass is 32.2. The van der Waals surface area contributed by atoms with Crippen molar-refractivity contribution in [1.29, 1.82) is 0 Å². The summed E-state index contributed by atoms with van der Waals surface area (Å²) in [5.74, 6) is 0.543. The van der Waals surface area contributed by atoms with Gasteiger partial charge in [-0.1, -0.05) is 82.9 Å². The molecule has 0 aliphatic rings. The van der Waals surface area contributed by atoms with Gasteiger partial charge in [-0.15, -0.1) is 0 Å². The van der Waals surface area contributed by atoms with Crippen LogP contribution in [-0.4, -0.2) is 14.6 Å². The minimum atomic E-state index is 0.194. The van der Waals surface area contributed by atoms with Crippen LogP contribution in [0.15, 0.2) is 48.8 Å². The summed E-state index contributed by atoms with van der Waals surface area (Å²) in [7, 11) is 0. The van der Waals surface area contributed by atoms with Gasteiger partial charge >= 0.3 is 0 Å². The lowest BCUT2D eigenvalue weighted by molar-refractivity contribution is 0.588. The third-order valence-electron chi connectivity index (χ3n) is 4.17. The van der Waals surface area contributed by atoms with Crippen molar-refractivity contribution in [2.24, 2.45) is 5.92 Å². The van der Waals surface area contributed by atoms with Gasteiger partial charge in [0.15, 0.2) is 0 Å². The number of thioether (sulfide) groups is 1. The number of nitrogens with zero attached hydrogens (tertiary/aromatic N) is 1. The van der Waals surface area contributed by atoms with Crippen molar-refractivity contribution >= 4 is 34.0 Å². The number of nitrogens with one attached hydrogen (secondary N) is 1. The van der Waals surface area contributed by atoms with Crippen LogP contribution in [0.1, 0.15) is 45.7 Å². The third-order valence-corrected chi connectivity index (χ3v) is 5.89. The number of pyridine rings is 1. The zero-order chi connectivity index (χ0) is 18.4. The van der Waals surface area contributed by atoms with Crippen molar-refractivity contribution in [2.75, 3.05) is 5.32 Å². The van der Waals surface area contributed by atoms with Gasteiger partial charge in [0.2, 0.25) is 0 Å². The minimum Gasteiger partial charge on any atom is -0.340 e. The number of rotatable bonds is 5. The van der Waals surface area contributed by atoms with Crippen LogP contribution in [0.4, 0.5) is 5.69 Å². The predicted molar refractivity (Wildman–Crippen MR) is 116 cm³/mol. The van der Waals surface area contributed by atoms with Crippen molar-refractivity contribution in [2.45, 2.75) is 51.7 Å². The molecule has 1 heterocycles. The molecule has 0 saturated carbocycles. The van der Waals surface area contributed by atoms with Crippen LogP contribution in [0.5, 0.6) is 0 Å². The molecule has 2 aromatic rings. The highest BCUT2D eigenvalue weighted by Crippen LogP contribution is 2.27. The first-order chi connectivity index (χ1) is 11.8. The number of benzene rings is 1. The fourth-order valence-corrected chi connectivity index (χ4v) is 4.00. The maximum atomic E-state index is 5.54. The fourth-order valence-electron chi connectivity index (χ4n) is 2.51. The highest BCUT2D eigenvalue weighted by molar-refractivity contribution is 8.23. The van der Waals surface area contributed by atoms with E-state index in [1.807, 2.05) is 12.1 Å². The monoisotopic (exact) mass is 372 g/mol. The first kappa shape index (κ1) is 19.9. The Bertz CT molecular complexity index is 673. The Morgan fingerprint density at radius 3 is 2.36 bits per heavy atom. The van der Waals surface area contributed by atoms with Gasteiger partial charge < -0.3 is 5.32 Å². The first-order valence-corrected chi connectivity index (χ1v) is 10.0. The molecule has 134 valence electrons. The van der Waals surface area contributed by atoms with Gasteiger partial charge in [0.25, 0.3) is 0 Å². The van der Waals surface area contributed by atoms with Crippen molar-refractivity contribution in [1.82, 2.24) is 4.98 Å². The SMILES string of the molecule is CC(C)C(Cc1ccc(C(C)(C)C)cc1)SC(=S)Nc1cccnc1. The Balaban J connectivity index is 1.99. The topological polar surface area (TPSA) is 24.9 Å². The van der Waals surface area contributed by atoms with E-state index in [1.165, 1.54) is 11.1 Å². The summed E-state index contributed by atoms with van der Waals surface area (Å²) < 4.78 is 0.804. The largest absolute Gasteiger partial charge is 0.340 e. The molecule has 0 spiro atoms. The maximum absolute atomic E-state index is 5.54. The van der Waals surface area contributed by atoms with Gasteiger partial charge in [-0.05, 0) is 41.0 Å². The van der Waals surface area contributed by atoms with Crippen LogP contribution in [0.3, 0.4) is 0 Å². The lowest BCUT2D eigenvalue weighted by atomic mass is 9.86. The molecule has 1 N–H and O–H groups in total. The van der Waals surface area contributed by atoms with E-state index in [0.717, 1.165) is 16.4 Å². The molecule has 0 amide bonds. The predicted octanol–water partition coefficient (Wildman–Crippen LogP) is 6.08. The van der Waals surface area contributed by atoms with Crippen molar-refractivity contribution in [3.05, 3.63) is 59.9 Å². The molecule has 2 nitrogen and oxygen atoms in total. The van der Waals surface area contributed by atoms with Crippen molar-refractivity contribution in [3.8, 4) is 0 Å². The number of anilines is 1. The Morgan fingerprint density at radius 2 is 1.84 bits per heavy atom. The zero-order valence-corrected chi connectivity index (χ0v) is 17.4. The van der Waals surface area contributed by atoms with E-state index in [1.54, 1.807) is 24.2 Å². The summed E-state index contributed by atoms with van der Waals surface area (Å²) in [6.07, 6.45) is 4.57. The Morgan fingerprint density at radius 1 is 1.16 bits per heavy atom. The second-order valence-corrected chi connectivity index (χ2v) is 9.62. The fraction of sp³-hybridized carbons (Fsp3) is 0.429. The second kappa shape index (κ2) is 8.81. The molecule has 1 aromatic carbocycles. The molecule has 0 fully saturated rings. The molecule has 0 aliphatic heterocycles. The van der Waals surface area contributed by atoms with Crippen LogP contribution in [-0.2, 0) is 11.8 Å². The molecule has 0 bridgehead atoms. The van der Waals surface area contributed by atoms with Crippen LogP contribution in [0, 0.1) is 5.92 Å². The number of aromatic nitrogens is 1. The molecular formula is C21H28N2S2. The summed E-state index contributed by atoms with van der Waals surface area (Å²) in [6.45, 7) is 11.3. The quantitative estimate of drug-likeness (QED) is 0.643. The van der Waals surface area contributed by atoms with Crippen LogP contribution in [0.2, 0.25) is 0 Å². The average Bonchev–Trinajstić information content (AvgIpc) is 2.54. The number of hydrogen-bond donors (Lipinski definition) is 1. The van der Waals surface area contributed by atoms with Gasteiger partial charge in [0.1, 0.15) is 4.32 Å². The van der Waals surface area contributed by atoms with Gasteiger partial charge in [0.05, 0.1) is 11.9 Å². The van der Waals surface area contributed by atoms with Crippen LogP contribution >= 0.6 is 24.0 Å². The molecule has 1 unspecified atom stereocenters. The Hall–Kier alpha value is -1.39. The van der Waals surface area contributed by atoms with Crippen molar-refractivity contribution in [3.63, 3.8) is 0 Å². The van der Waals surface area contributed by atoms with E-state index in [9.17, 15) is 0 Å². The first-order valence-electron chi connectivity index (χ1n) is 8.73. The molecule has 0 radical (unpaired) electrons. The van der Waals surface area contributed by atoms with Crippen LogP contribution < -0.4 is 5.32 Å². The lowest BCUT2D eigenvalue weighted by Crippen LogP contribution is -2.19. The number of thiocarbonyl (C=S) groups is 1. The molecule has 1 atom stereocenters. The Labute approximate surface area is 161 Å². The molecular weight excluding hydrogens is 344 g/mol. The molecule has 4 heteroatoms. The van der Waals surface area contributed by atoms with E-state index in [-0.39, 0.29) is 5.41 Å². The summed E-state index contributed by atoms with van der Waals surface area (Å²) in [6, 6.07) is 12.9. The van der Waals surface area contributed by atoms with E-state index in [0.29, 0.717) is 11.2 Å². The standard InChI is InChI=1S/C21H28N2S2/c1-15(2)19(25-20(24)23-18-7-6-12-22-14-18)13-16-8-10-17(11-9-16)21(3,4)5/h6-12,14-15,19H,13H2,1-5H3,(H,23,24). The summed E-state index contributed by atoms with van der Waals surface area (Å²) in [4.78, 5) is 4.12. The molecule has 0 aliphatic carbocycles. The minimum absolute atomic E-state index is 0.194. The van der Waals surface area contributed by atoms with E-state index >= 15 is 0 Å². The van der Waals surface area contributed by atoms with Gasteiger partial charge in [-0.25, -0.2) is 0 Å². The van der Waals surface area contributed by atoms with Gasteiger partial charge in [-0.3, -0.25) is 4.98 Å². The average molecular weight is 373 g/mol. The smallest absolute Gasteiger partial charge is 0.138 e. The van der Waals surface area contributed by atoms with Crippen molar-refractivity contribution < 1.29 is 0 Å². The zero-order valence-electron chi connectivity index (χ0n) is 15.7. The highest BCUT2D eigenvalue weighted by Gasteiger charge is 2.18. The lowest BCUT2D eigenvalue weighted by Gasteiger charge is -2.23. The van der Waals surface area contributed by atoms with Crippen LogP contribution in [0.25, 0.3) is 0 Å². The summed E-state index contributed by atoms with van der Waals surface area (Å²) in [5, 5.41) is 3.72. The molecule has 1 aromatic heterocycles. The molecule has 25 heavy (non-hydrogen) atoms. The van der Waals surface area contributed by atoms with E-state index in [2.05, 4.69) is 69.2 Å². The summed E-state index contributed by atoms with van der Waals surface area (Å²) >= 11 is 7.29. The normalized spacial score (nSPS) is 12.9. The number of hydrogen-bond acceptors (Lipinski definition) is 3. The second-order valence-electron chi connectivity index (χ2n) is 7.71. The summed E-state index contributed by atoms with van der Waals surface area (Å²) in [5.41, 5.74) is 3.87. The van der Waals surface area contributed by atoms with Gasteiger partial charge in [-0.2, -0.15) is 0 Å². The van der Waals surface area contributed by atoms with Gasteiger partial charge in [0, 0.05) is 11.4 Å². The Kier molecular flexibility index (Phi) is 7.03. The van der Waals surface area contributed by atoms with E-state index in [4.69, 9.17) is 12.2 Å². The maximum Gasteiger partial charge on any atom is 0.138 e. The molecule has 2 rings (SSSR count). The third kappa shape index (κ3) is 6.44. The molecule has 0 saturated heterocycles.